The molecule has 1 aromatic heterocycles. The van der Waals surface area contributed by atoms with Crippen molar-refractivity contribution in [2.24, 2.45) is 0 Å². The lowest BCUT2D eigenvalue weighted by Gasteiger charge is -2.14. The number of unbranched alkanes of at least 4 members (excludes halogenated alkanes) is 1. The zero-order chi connectivity index (χ0) is 23.3. The van der Waals surface area contributed by atoms with Gasteiger partial charge in [0.15, 0.2) is 0 Å². The average Bonchev–Trinajstić information content (AvgIpc) is 3.10. The van der Waals surface area contributed by atoms with E-state index in [-0.39, 0.29) is 36.8 Å². The number of aliphatic hydroxyl groups excluding tert-OH is 1. The van der Waals surface area contributed by atoms with Crippen LogP contribution in [-0.4, -0.2) is 39.7 Å². The molecule has 0 saturated carbocycles. The van der Waals surface area contributed by atoms with Crippen LogP contribution in [0.25, 0.3) is 22.2 Å². The molecule has 0 aliphatic heterocycles. The second kappa shape index (κ2) is 10.3. The third kappa shape index (κ3) is 5.47. The molecule has 2 aromatic carbocycles. The van der Waals surface area contributed by atoms with Crippen LogP contribution in [0.2, 0.25) is 0 Å². The number of hydrogen-bond acceptors (Lipinski definition) is 3. The Labute approximate surface area is 182 Å². The minimum Gasteiger partial charge on any atom is -0.480 e. The maximum Gasteiger partial charge on any atom is 0.326 e. The van der Waals surface area contributed by atoms with E-state index in [1.54, 1.807) is 0 Å². The van der Waals surface area contributed by atoms with Crippen LogP contribution in [0.15, 0.2) is 36.4 Å². The van der Waals surface area contributed by atoms with Gasteiger partial charge in [0, 0.05) is 30.2 Å². The lowest BCUT2D eigenvalue weighted by molar-refractivity contribution is -0.142. The normalized spacial score (nSPS) is 12.1. The summed E-state index contributed by atoms with van der Waals surface area (Å²) in [6.45, 7) is -0.0693. The minimum absolute atomic E-state index is 0.0635. The summed E-state index contributed by atoms with van der Waals surface area (Å²) in [6, 6.07) is 6.25. The fourth-order valence-corrected chi connectivity index (χ4v) is 3.62. The standard InChI is InChI=1S/C23H23F3N2O4/c24-14-6-4-13(5-7-14)21-16(17-11-15(25)12-18(26)22(17)28-21)8-9-20(30)27-19(23(31)32)3-1-2-10-29/h4-7,11-12,19,28-29H,1-3,8-10H2,(H,27,30)(H,31,32). The van der Waals surface area contributed by atoms with Gasteiger partial charge in [0.25, 0.3) is 0 Å². The van der Waals surface area contributed by atoms with Crippen molar-refractivity contribution in [1.29, 1.82) is 0 Å². The lowest BCUT2D eigenvalue weighted by atomic mass is 10.0. The number of carbonyl (C=O) groups excluding carboxylic acids is 1. The number of aliphatic carboxylic acids is 1. The number of aliphatic hydroxyl groups is 1. The van der Waals surface area contributed by atoms with Gasteiger partial charge in [-0.1, -0.05) is 0 Å². The molecule has 0 aliphatic carbocycles. The van der Waals surface area contributed by atoms with Gasteiger partial charge in [-0.3, -0.25) is 4.79 Å². The second-order valence-electron chi connectivity index (χ2n) is 7.47. The first-order valence-electron chi connectivity index (χ1n) is 10.2. The van der Waals surface area contributed by atoms with Gasteiger partial charge in [-0.05, 0) is 67.1 Å². The molecule has 1 atom stereocenters. The van der Waals surface area contributed by atoms with E-state index in [0.717, 1.165) is 12.1 Å². The molecule has 0 saturated heterocycles. The summed E-state index contributed by atoms with van der Waals surface area (Å²) >= 11 is 0. The summed E-state index contributed by atoms with van der Waals surface area (Å²) in [4.78, 5) is 26.7. The topological polar surface area (TPSA) is 102 Å². The van der Waals surface area contributed by atoms with Crippen molar-refractivity contribution in [2.45, 2.75) is 38.1 Å². The van der Waals surface area contributed by atoms with Gasteiger partial charge >= 0.3 is 5.97 Å². The average molecular weight is 448 g/mol. The Morgan fingerprint density at radius 1 is 1.03 bits per heavy atom. The highest BCUT2D eigenvalue weighted by atomic mass is 19.1. The second-order valence-corrected chi connectivity index (χ2v) is 7.47. The molecular weight excluding hydrogens is 425 g/mol. The van der Waals surface area contributed by atoms with E-state index in [1.807, 2.05) is 0 Å². The SMILES string of the molecule is O=C(CCc1c(-c2ccc(F)cc2)[nH]c2c(F)cc(F)cc12)NC(CCCCO)C(=O)O. The van der Waals surface area contributed by atoms with Crippen LogP contribution in [0, 0.1) is 17.5 Å². The number of aromatic nitrogens is 1. The number of fused-ring (bicyclic) bond motifs is 1. The predicted molar refractivity (Wildman–Crippen MR) is 112 cm³/mol. The van der Waals surface area contributed by atoms with E-state index >= 15 is 0 Å². The van der Waals surface area contributed by atoms with Gasteiger partial charge < -0.3 is 20.5 Å². The summed E-state index contributed by atoms with van der Waals surface area (Å²) in [6.07, 6.45) is 0.982. The number of halogens is 3. The van der Waals surface area contributed by atoms with Gasteiger partial charge in [-0.2, -0.15) is 0 Å². The number of carboxylic acid groups (broad SMARTS) is 1. The van der Waals surface area contributed by atoms with E-state index < -0.39 is 35.4 Å². The molecule has 0 bridgehead atoms. The Morgan fingerprint density at radius 2 is 1.75 bits per heavy atom. The van der Waals surface area contributed by atoms with Crippen LogP contribution in [0.5, 0.6) is 0 Å². The van der Waals surface area contributed by atoms with Crippen molar-refractivity contribution in [1.82, 2.24) is 10.3 Å². The molecule has 1 unspecified atom stereocenters. The van der Waals surface area contributed by atoms with E-state index in [0.29, 0.717) is 29.7 Å². The first kappa shape index (κ1) is 23.3. The zero-order valence-electron chi connectivity index (χ0n) is 17.1. The van der Waals surface area contributed by atoms with Crippen LogP contribution in [-0.2, 0) is 16.0 Å². The molecule has 170 valence electrons. The molecule has 0 spiro atoms. The van der Waals surface area contributed by atoms with E-state index in [2.05, 4.69) is 10.3 Å². The number of carboxylic acids is 1. The Bertz CT molecular complexity index is 1110. The van der Waals surface area contributed by atoms with Crippen LogP contribution in [0.1, 0.15) is 31.2 Å². The first-order chi connectivity index (χ1) is 15.3. The number of amides is 1. The third-order valence-electron chi connectivity index (χ3n) is 5.20. The summed E-state index contributed by atoms with van der Waals surface area (Å²) < 4.78 is 41.6. The number of rotatable bonds is 10. The molecule has 1 amide bonds. The van der Waals surface area contributed by atoms with Crippen LogP contribution in [0.3, 0.4) is 0 Å². The molecule has 0 aliphatic rings. The molecule has 1 heterocycles. The molecule has 3 aromatic rings. The molecule has 0 radical (unpaired) electrons. The number of carbonyl (C=O) groups is 2. The maximum absolute atomic E-state index is 14.3. The summed E-state index contributed by atoms with van der Waals surface area (Å²) in [5, 5.41) is 20.8. The number of nitrogens with one attached hydrogen (secondary N) is 2. The van der Waals surface area contributed by atoms with Gasteiger partial charge in [-0.15, -0.1) is 0 Å². The zero-order valence-corrected chi connectivity index (χ0v) is 17.1. The van der Waals surface area contributed by atoms with Crippen LogP contribution >= 0.6 is 0 Å². The number of hydrogen-bond donors (Lipinski definition) is 4. The molecular formula is C23H23F3N2O4. The smallest absolute Gasteiger partial charge is 0.326 e. The van der Waals surface area contributed by atoms with Crippen molar-refractivity contribution in [2.75, 3.05) is 6.61 Å². The number of benzene rings is 2. The molecule has 6 nitrogen and oxygen atoms in total. The summed E-state index contributed by atoms with van der Waals surface area (Å²) in [5.74, 6) is -3.74. The Kier molecular flexibility index (Phi) is 7.53. The highest BCUT2D eigenvalue weighted by molar-refractivity contribution is 5.92. The Balaban J connectivity index is 1.85. The van der Waals surface area contributed by atoms with Crippen LogP contribution < -0.4 is 5.32 Å². The molecule has 4 N–H and O–H groups in total. The van der Waals surface area contributed by atoms with Gasteiger partial charge in [-0.25, -0.2) is 18.0 Å². The van der Waals surface area contributed by atoms with Crippen molar-refractivity contribution in [3.05, 3.63) is 59.4 Å². The van der Waals surface area contributed by atoms with Crippen molar-refractivity contribution in [3.63, 3.8) is 0 Å². The van der Waals surface area contributed by atoms with E-state index in [9.17, 15) is 27.9 Å². The molecule has 32 heavy (non-hydrogen) atoms. The Morgan fingerprint density at radius 3 is 2.41 bits per heavy atom. The first-order valence-corrected chi connectivity index (χ1v) is 10.2. The third-order valence-corrected chi connectivity index (χ3v) is 5.20. The van der Waals surface area contributed by atoms with Gasteiger partial charge in [0.05, 0.1) is 5.52 Å². The highest BCUT2D eigenvalue weighted by Crippen LogP contribution is 2.33. The number of aromatic amines is 1. The van der Waals surface area contributed by atoms with Crippen molar-refractivity contribution >= 4 is 22.8 Å². The van der Waals surface area contributed by atoms with Crippen LogP contribution in [0.4, 0.5) is 13.2 Å². The molecule has 0 fully saturated rings. The van der Waals surface area contributed by atoms with E-state index in [4.69, 9.17) is 5.11 Å². The largest absolute Gasteiger partial charge is 0.480 e. The number of aryl methyl sites for hydroxylation is 1. The van der Waals surface area contributed by atoms with Gasteiger partial charge in [0.1, 0.15) is 23.5 Å². The monoisotopic (exact) mass is 448 g/mol. The minimum atomic E-state index is -1.18. The summed E-state index contributed by atoms with van der Waals surface area (Å²) in [5.41, 5.74) is 1.49. The van der Waals surface area contributed by atoms with Crippen molar-refractivity contribution < 1.29 is 33.0 Å². The highest BCUT2D eigenvalue weighted by Gasteiger charge is 2.21. The lowest BCUT2D eigenvalue weighted by Crippen LogP contribution is -2.40. The number of H-pyrrole nitrogens is 1. The quantitative estimate of drug-likeness (QED) is 0.353. The predicted octanol–water partition coefficient (Wildman–Crippen LogP) is 3.92. The molecule has 9 heteroatoms. The fraction of sp³-hybridized carbons (Fsp3) is 0.304. The Hall–Kier alpha value is -3.33. The van der Waals surface area contributed by atoms with Crippen molar-refractivity contribution in [3.8, 4) is 11.3 Å². The fourth-order valence-electron chi connectivity index (χ4n) is 3.62. The summed E-state index contributed by atoms with van der Waals surface area (Å²) in [7, 11) is 0. The molecule has 3 rings (SSSR count). The van der Waals surface area contributed by atoms with E-state index in [1.165, 1.54) is 24.3 Å². The van der Waals surface area contributed by atoms with Gasteiger partial charge in [0.2, 0.25) is 5.91 Å². The maximum atomic E-state index is 14.3.